The third-order valence-corrected chi connectivity index (χ3v) is 7.19. The Hall–Kier alpha value is -2.85. The third-order valence-electron chi connectivity index (χ3n) is 5.06. The number of rotatable bonds is 8. The first-order valence-corrected chi connectivity index (χ1v) is 11.9. The summed E-state index contributed by atoms with van der Waals surface area (Å²) in [6.07, 6.45) is 3.01. The zero-order valence-corrected chi connectivity index (χ0v) is 19.4. The Bertz CT molecular complexity index is 1170. The highest BCUT2D eigenvalue weighted by Crippen LogP contribution is 2.30. The van der Waals surface area contributed by atoms with Crippen LogP contribution in [0.15, 0.2) is 24.3 Å². The quantitative estimate of drug-likeness (QED) is 0.320. The number of nitrogens with zero attached hydrogens (tertiary/aromatic N) is 2. The Kier molecular flexibility index (Phi) is 7.25. The normalized spacial score (nSPS) is 17.4. The lowest BCUT2D eigenvalue weighted by atomic mass is 10.1. The van der Waals surface area contributed by atoms with E-state index in [0.29, 0.717) is 29.2 Å². The highest BCUT2D eigenvalue weighted by Gasteiger charge is 2.31. The topological polar surface area (TPSA) is 114 Å². The Morgan fingerprint density at radius 2 is 2.03 bits per heavy atom. The molecule has 2 heterocycles. The van der Waals surface area contributed by atoms with E-state index in [0.717, 1.165) is 6.08 Å². The number of hydrogen-bond donors (Lipinski definition) is 0. The fourth-order valence-electron chi connectivity index (χ4n) is 3.38. The number of aryl methyl sites for hydroxylation is 1. The number of benzene rings is 1. The monoisotopic (exact) mass is 482 g/mol. The number of ether oxygens (including phenoxy) is 3. The van der Waals surface area contributed by atoms with Gasteiger partial charge < -0.3 is 14.2 Å². The third kappa shape index (κ3) is 5.31. The minimum atomic E-state index is -3.10. The lowest BCUT2D eigenvalue weighted by molar-refractivity contribution is -0.136. The van der Waals surface area contributed by atoms with Gasteiger partial charge in [-0.3, -0.25) is 4.79 Å². The summed E-state index contributed by atoms with van der Waals surface area (Å²) in [5, 5.41) is 4.56. The van der Waals surface area contributed by atoms with Crippen LogP contribution < -0.4 is 9.47 Å². The number of hydrogen-bond acceptors (Lipinski definition) is 8. The molecule has 0 aliphatic carbocycles. The molecule has 0 bridgehead atoms. The minimum absolute atomic E-state index is 0.0190. The SMILES string of the molecule is COc1ccc(OC)c(C(=O)COC(=O)/C=C/c2c(C)nn(C3CCS(=O)(=O)C3)c2Cl)c1. The zero-order chi connectivity index (χ0) is 23.5. The Balaban J connectivity index is 1.66. The molecule has 1 aliphatic heterocycles. The molecule has 2 aromatic rings. The van der Waals surface area contributed by atoms with E-state index >= 15 is 0 Å². The number of aromatic nitrogens is 2. The van der Waals surface area contributed by atoms with Crippen molar-refractivity contribution in [3.8, 4) is 11.5 Å². The molecule has 1 atom stereocenters. The molecule has 3 rings (SSSR count). The lowest BCUT2D eigenvalue weighted by Crippen LogP contribution is -2.13. The molecule has 11 heteroatoms. The van der Waals surface area contributed by atoms with E-state index < -0.39 is 28.2 Å². The van der Waals surface area contributed by atoms with Crippen molar-refractivity contribution in [2.24, 2.45) is 0 Å². The Morgan fingerprint density at radius 3 is 2.66 bits per heavy atom. The van der Waals surface area contributed by atoms with Gasteiger partial charge in [-0.25, -0.2) is 17.9 Å². The van der Waals surface area contributed by atoms with Crippen molar-refractivity contribution in [3.05, 3.63) is 46.2 Å². The van der Waals surface area contributed by atoms with Crippen molar-refractivity contribution < 1.29 is 32.2 Å². The van der Waals surface area contributed by atoms with E-state index in [1.807, 2.05) is 0 Å². The molecule has 0 spiro atoms. The van der Waals surface area contributed by atoms with Crippen molar-refractivity contribution >= 4 is 39.3 Å². The fraction of sp³-hybridized carbons (Fsp3) is 0.381. The smallest absolute Gasteiger partial charge is 0.331 e. The minimum Gasteiger partial charge on any atom is -0.497 e. The van der Waals surface area contributed by atoms with Crippen LogP contribution in [0.2, 0.25) is 5.15 Å². The van der Waals surface area contributed by atoms with Crippen LogP contribution in [0.1, 0.15) is 34.1 Å². The molecule has 1 fully saturated rings. The van der Waals surface area contributed by atoms with Gasteiger partial charge >= 0.3 is 5.97 Å². The van der Waals surface area contributed by atoms with Gasteiger partial charge in [0, 0.05) is 11.6 Å². The van der Waals surface area contributed by atoms with Crippen LogP contribution in [0.5, 0.6) is 11.5 Å². The van der Waals surface area contributed by atoms with Gasteiger partial charge in [0.25, 0.3) is 0 Å². The predicted molar refractivity (Wildman–Crippen MR) is 118 cm³/mol. The number of methoxy groups -OCH3 is 2. The average Bonchev–Trinajstić information content (AvgIpc) is 3.27. The number of esters is 1. The van der Waals surface area contributed by atoms with Crippen LogP contribution >= 0.6 is 11.6 Å². The molecule has 1 saturated heterocycles. The van der Waals surface area contributed by atoms with Gasteiger partial charge in [0.1, 0.15) is 16.7 Å². The first-order valence-electron chi connectivity index (χ1n) is 9.70. The molecule has 9 nitrogen and oxygen atoms in total. The molecular formula is C21H23ClN2O7S. The molecule has 1 unspecified atom stereocenters. The van der Waals surface area contributed by atoms with Crippen LogP contribution in [0.4, 0.5) is 0 Å². The number of carbonyl (C=O) groups excluding carboxylic acids is 2. The van der Waals surface area contributed by atoms with Crippen molar-refractivity contribution in [3.63, 3.8) is 0 Å². The van der Waals surface area contributed by atoms with Crippen molar-refractivity contribution in [1.82, 2.24) is 9.78 Å². The summed E-state index contributed by atoms with van der Waals surface area (Å²) in [6, 6.07) is 4.41. The molecule has 1 aromatic heterocycles. The fourth-order valence-corrected chi connectivity index (χ4v) is 5.45. The molecule has 1 aromatic carbocycles. The van der Waals surface area contributed by atoms with Gasteiger partial charge in [-0.1, -0.05) is 11.6 Å². The first-order chi connectivity index (χ1) is 15.1. The summed E-state index contributed by atoms with van der Waals surface area (Å²) in [5.74, 6) is -0.312. The van der Waals surface area contributed by atoms with Crippen molar-refractivity contribution in [2.45, 2.75) is 19.4 Å². The second-order valence-corrected chi connectivity index (χ2v) is 9.81. The highest BCUT2D eigenvalue weighted by molar-refractivity contribution is 7.91. The molecular weight excluding hydrogens is 460 g/mol. The number of carbonyl (C=O) groups is 2. The van der Waals surface area contributed by atoms with Crippen molar-refractivity contribution in [2.75, 3.05) is 32.3 Å². The van der Waals surface area contributed by atoms with Gasteiger partial charge in [0.2, 0.25) is 5.78 Å². The summed E-state index contributed by atoms with van der Waals surface area (Å²) in [7, 11) is -0.193. The van der Waals surface area contributed by atoms with Crippen LogP contribution in [-0.4, -0.2) is 62.3 Å². The van der Waals surface area contributed by atoms with Gasteiger partial charge in [0.05, 0.1) is 43.0 Å². The number of Topliss-reactive ketones (excluding diaryl/α,β-unsaturated/α-hetero) is 1. The van der Waals surface area contributed by atoms with Gasteiger partial charge in [-0.2, -0.15) is 5.10 Å². The maximum absolute atomic E-state index is 12.5. The Morgan fingerprint density at radius 1 is 1.28 bits per heavy atom. The molecule has 0 amide bonds. The maximum atomic E-state index is 12.5. The number of halogens is 1. The number of ketones is 1. The largest absolute Gasteiger partial charge is 0.497 e. The summed E-state index contributed by atoms with van der Waals surface area (Å²) in [6.45, 7) is 1.22. The molecule has 172 valence electrons. The average molecular weight is 483 g/mol. The second-order valence-electron chi connectivity index (χ2n) is 7.22. The van der Waals surface area contributed by atoms with Crippen LogP contribution in [0, 0.1) is 6.92 Å². The van der Waals surface area contributed by atoms with E-state index in [1.165, 1.54) is 31.0 Å². The predicted octanol–water partition coefficient (Wildman–Crippen LogP) is 2.66. The van der Waals surface area contributed by atoms with Crippen molar-refractivity contribution in [1.29, 1.82) is 0 Å². The lowest BCUT2D eigenvalue weighted by Gasteiger charge is -2.09. The van der Waals surface area contributed by atoms with Crippen LogP contribution in [0.25, 0.3) is 6.08 Å². The molecule has 0 saturated carbocycles. The summed E-state index contributed by atoms with van der Waals surface area (Å²) in [5.41, 5.74) is 1.25. The maximum Gasteiger partial charge on any atom is 0.331 e. The molecule has 0 radical (unpaired) electrons. The van der Waals surface area contributed by atoms with Gasteiger partial charge in [-0.15, -0.1) is 0 Å². The van der Waals surface area contributed by atoms with Gasteiger partial charge in [-0.05, 0) is 37.6 Å². The zero-order valence-electron chi connectivity index (χ0n) is 17.8. The molecule has 1 aliphatic rings. The summed E-state index contributed by atoms with van der Waals surface area (Å²) >= 11 is 6.38. The summed E-state index contributed by atoms with van der Waals surface area (Å²) in [4.78, 5) is 24.6. The molecule has 0 N–H and O–H groups in total. The van der Waals surface area contributed by atoms with Crippen LogP contribution in [-0.2, 0) is 19.4 Å². The second kappa shape index (κ2) is 9.74. The van der Waals surface area contributed by atoms with E-state index in [2.05, 4.69) is 5.10 Å². The van der Waals surface area contributed by atoms with E-state index in [-0.39, 0.29) is 28.3 Å². The van der Waals surface area contributed by atoms with E-state index in [1.54, 1.807) is 19.1 Å². The molecule has 32 heavy (non-hydrogen) atoms. The van der Waals surface area contributed by atoms with Gasteiger partial charge in [0.15, 0.2) is 16.4 Å². The summed E-state index contributed by atoms with van der Waals surface area (Å²) < 4.78 is 40.3. The van der Waals surface area contributed by atoms with E-state index in [4.69, 9.17) is 25.8 Å². The standard InChI is InChI=1S/C21H23ClN2O7S/c1-13-16(21(22)24(23-13)14-8-9-32(27,28)12-14)5-7-20(26)31-11-18(25)17-10-15(29-2)4-6-19(17)30-3/h4-7,10,14H,8-9,11-12H2,1-3H3/b7-5+. The van der Waals surface area contributed by atoms with E-state index in [9.17, 15) is 18.0 Å². The first kappa shape index (κ1) is 23.8. The number of sulfone groups is 1. The van der Waals surface area contributed by atoms with Crippen LogP contribution in [0.3, 0.4) is 0 Å². The highest BCUT2D eigenvalue weighted by atomic mass is 35.5. The Labute approximate surface area is 190 Å².